The van der Waals surface area contributed by atoms with Crippen molar-refractivity contribution in [2.45, 2.75) is 0 Å². The smallest absolute Gasteiger partial charge is 0.354 e. The van der Waals surface area contributed by atoms with Crippen LogP contribution in [0.2, 0.25) is 0 Å². The minimum absolute atomic E-state index is 0.123. The first-order chi connectivity index (χ1) is 7.08. The van der Waals surface area contributed by atoms with Crippen molar-refractivity contribution in [3.8, 4) is 11.5 Å². The number of carbonyl (C=O) groups is 1. The van der Waals surface area contributed by atoms with Gasteiger partial charge in [-0.1, -0.05) is 0 Å². The molecule has 0 bridgehead atoms. The van der Waals surface area contributed by atoms with Crippen LogP contribution in [0, 0.1) is 0 Å². The number of hydrogen-bond donors (Lipinski definition) is 1. The highest BCUT2D eigenvalue weighted by Crippen LogP contribution is 2.24. The maximum Gasteiger partial charge on any atom is 0.354 e. The summed E-state index contributed by atoms with van der Waals surface area (Å²) in [5.41, 5.74) is 0.623. The van der Waals surface area contributed by atoms with Crippen molar-refractivity contribution in [3.05, 3.63) is 28.6 Å². The maximum absolute atomic E-state index is 10.8. The van der Waals surface area contributed by atoms with E-state index in [1.807, 2.05) is 0 Å². The van der Waals surface area contributed by atoms with Gasteiger partial charge in [0.2, 0.25) is 0 Å². The lowest BCUT2D eigenvalue weighted by atomic mass is 10.3. The fourth-order valence-corrected chi connectivity index (χ4v) is 1.54. The van der Waals surface area contributed by atoms with Crippen molar-refractivity contribution in [2.24, 2.45) is 7.05 Å². The number of aromatic carboxylic acids is 1. The lowest BCUT2D eigenvalue weighted by Gasteiger charge is -1.91. The van der Waals surface area contributed by atoms with Crippen LogP contribution in [0.15, 0.2) is 27.3 Å². The minimum atomic E-state index is -1.01. The first-order valence-electron chi connectivity index (χ1n) is 4.09. The molecule has 2 rings (SSSR count). The predicted molar refractivity (Wildman–Crippen MR) is 55.6 cm³/mol. The van der Waals surface area contributed by atoms with Gasteiger partial charge in [0.1, 0.15) is 17.7 Å². The van der Waals surface area contributed by atoms with Crippen LogP contribution in [0.25, 0.3) is 11.5 Å². The van der Waals surface area contributed by atoms with Crippen LogP contribution in [0.4, 0.5) is 0 Å². The molecule has 0 atom stereocenters. The van der Waals surface area contributed by atoms with Crippen molar-refractivity contribution in [1.82, 2.24) is 9.78 Å². The molecular formula is C9H7BrN2O3. The zero-order valence-corrected chi connectivity index (χ0v) is 9.35. The summed E-state index contributed by atoms with van der Waals surface area (Å²) in [6.07, 6.45) is 1.52. The second-order valence-corrected chi connectivity index (χ2v) is 3.89. The molecule has 0 aliphatic heterocycles. The van der Waals surface area contributed by atoms with Crippen molar-refractivity contribution in [2.75, 3.05) is 0 Å². The van der Waals surface area contributed by atoms with Crippen molar-refractivity contribution < 1.29 is 14.3 Å². The van der Waals surface area contributed by atoms with Crippen LogP contribution in [0.5, 0.6) is 0 Å². The SMILES string of the molecule is Cn1nc(-c2cc(Br)co2)cc1C(=O)O. The number of rotatable bonds is 2. The highest BCUT2D eigenvalue weighted by Gasteiger charge is 2.14. The van der Waals surface area contributed by atoms with Crippen molar-refractivity contribution in [1.29, 1.82) is 0 Å². The van der Waals surface area contributed by atoms with E-state index in [0.29, 0.717) is 11.5 Å². The Hall–Kier alpha value is -1.56. The summed E-state index contributed by atoms with van der Waals surface area (Å²) in [6, 6.07) is 3.20. The summed E-state index contributed by atoms with van der Waals surface area (Å²) in [4.78, 5) is 10.8. The molecule has 1 N–H and O–H groups in total. The molecule has 0 spiro atoms. The van der Waals surface area contributed by atoms with Crippen LogP contribution in [0.1, 0.15) is 10.5 Å². The van der Waals surface area contributed by atoms with Gasteiger partial charge in [0.15, 0.2) is 5.76 Å². The molecule has 0 aromatic carbocycles. The summed E-state index contributed by atoms with van der Waals surface area (Å²) in [7, 11) is 1.57. The van der Waals surface area contributed by atoms with Gasteiger partial charge >= 0.3 is 5.97 Å². The molecule has 0 saturated heterocycles. The molecule has 6 heteroatoms. The van der Waals surface area contributed by atoms with Crippen LogP contribution in [0.3, 0.4) is 0 Å². The Balaban J connectivity index is 2.46. The van der Waals surface area contributed by atoms with E-state index in [2.05, 4.69) is 21.0 Å². The number of halogens is 1. The van der Waals surface area contributed by atoms with Crippen LogP contribution < -0.4 is 0 Å². The summed E-state index contributed by atoms with van der Waals surface area (Å²) in [6.45, 7) is 0. The number of carboxylic acid groups (broad SMARTS) is 1. The number of aryl methyl sites for hydroxylation is 1. The average Bonchev–Trinajstić information content (AvgIpc) is 2.71. The van der Waals surface area contributed by atoms with Crippen molar-refractivity contribution in [3.63, 3.8) is 0 Å². The Labute approximate surface area is 93.4 Å². The molecule has 0 fully saturated rings. The molecule has 0 unspecified atom stereocenters. The first-order valence-corrected chi connectivity index (χ1v) is 4.89. The number of hydrogen-bond acceptors (Lipinski definition) is 3. The maximum atomic E-state index is 10.8. The van der Waals surface area contributed by atoms with Gasteiger partial charge < -0.3 is 9.52 Å². The van der Waals surface area contributed by atoms with E-state index < -0.39 is 5.97 Å². The highest BCUT2D eigenvalue weighted by molar-refractivity contribution is 9.10. The highest BCUT2D eigenvalue weighted by atomic mass is 79.9. The Bertz CT molecular complexity index is 515. The molecule has 0 aliphatic carbocycles. The minimum Gasteiger partial charge on any atom is -0.477 e. The van der Waals surface area contributed by atoms with Gasteiger partial charge in [-0.15, -0.1) is 0 Å². The number of furan rings is 1. The summed E-state index contributed by atoms with van der Waals surface area (Å²) in [5, 5.41) is 12.9. The van der Waals surface area contributed by atoms with E-state index in [4.69, 9.17) is 9.52 Å². The van der Waals surface area contributed by atoms with Gasteiger partial charge in [-0.25, -0.2) is 4.79 Å². The van der Waals surface area contributed by atoms with Gasteiger partial charge in [0.05, 0.1) is 4.47 Å². The largest absolute Gasteiger partial charge is 0.477 e. The second kappa shape index (κ2) is 3.54. The van der Waals surface area contributed by atoms with Gasteiger partial charge in [-0.05, 0) is 15.9 Å². The summed E-state index contributed by atoms with van der Waals surface area (Å²) in [5.74, 6) is -0.480. The lowest BCUT2D eigenvalue weighted by molar-refractivity contribution is 0.0685. The quantitative estimate of drug-likeness (QED) is 0.908. The van der Waals surface area contributed by atoms with E-state index >= 15 is 0 Å². The number of aromatic nitrogens is 2. The summed E-state index contributed by atoms with van der Waals surface area (Å²) < 4.78 is 7.27. The molecule has 0 radical (unpaired) electrons. The fraction of sp³-hybridized carbons (Fsp3) is 0.111. The van der Waals surface area contributed by atoms with Crippen molar-refractivity contribution >= 4 is 21.9 Å². The topological polar surface area (TPSA) is 68.3 Å². The monoisotopic (exact) mass is 270 g/mol. The Morgan fingerprint density at radius 1 is 1.60 bits per heavy atom. The number of nitrogens with zero attached hydrogens (tertiary/aromatic N) is 2. The first kappa shape index (κ1) is 9.97. The Morgan fingerprint density at radius 2 is 2.33 bits per heavy atom. The third-order valence-electron chi connectivity index (χ3n) is 1.92. The molecule has 2 aromatic rings. The third kappa shape index (κ3) is 1.80. The van der Waals surface area contributed by atoms with E-state index in [-0.39, 0.29) is 5.69 Å². The molecule has 0 amide bonds. The molecule has 5 nitrogen and oxygen atoms in total. The van der Waals surface area contributed by atoms with Gasteiger partial charge in [-0.3, -0.25) is 4.68 Å². The molecule has 0 aliphatic rings. The van der Waals surface area contributed by atoms with E-state index in [1.54, 1.807) is 13.1 Å². The molecule has 15 heavy (non-hydrogen) atoms. The molecular weight excluding hydrogens is 264 g/mol. The Morgan fingerprint density at radius 3 is 2.80 bits per heavy atom. The van der Waals surface area contributed by atoms with Crippen LogP contribution in [-0.2, 0) is 7.05 Å². The van der Waals surface area contributed by atoms with Crippen LogP contribution >= 0.6 is 15.9 Å². The Kier molecular flexibility index (Phi) is 2.36. The van der Waals surface area contributed by atoms with Gasteiger partial charge in [0, 0.05) is 19.2 Å². The second-order valence-electron chi connectivity index (χ2n) is 2.97. The molecule has 2 aromatic heterocycles. The standard InChI is InChI=1S/C9H7BrN2O3/c1-12-7(9(13)14)3-6(11-12)8-2-5(10)4-15-8/h2-4H,1H3,(H,13,14). The van der Waals surface area contributed by atoms with Crippen LogP contribution in [-0.4, -0.2) is 20.9 Å². The van der Waals surface area contributed by atoms with E-state index in [1.165, 1.54) is 17.0 Å². The van der Waals surface area contributed by atoms with E-state index in [9.17, 15) is 4.79 Å². The molecule has 0 saturated carbocycles. The predicted octanol–water partition coefficient (Wildman–Crippen LogP) is 2.14. The lowest BCUT2D eigenvalue weighted by Crippen LogP contribution is -2.04. The zero-order chi connectivity index (χ0) is 11.0. The van der Waals surface area contributed by atoms with Gasteiger partial charge in [0.25, 0.3) is 0 Å². The average molecular weight is 271 g/mol. The summed E-state index contributed by atoms with van der Waals surface area (Å²) >= 11 is 3.24. The third-order valence-corrected chi connectivity index (χ3v) is 2.33. The van der Waals surface area contributed by atoms with Gasteiger partial charge in [-0.2, -0.15) is 5.10 Å². The normalized spacial score (nSPS) is 10.5. The molecule has 78 valence electrons. The molecule has 2 heterocycles. The fourth-order valence-electron chi connectivity index (χ4n) is 1.24. The van der Waals surface area contributed by atoms with E-state index in [0.717, 1.165) is 4.47 Å². The zero-order valence-electron chi connectivity index (χ0n) is 7.77. The number of carboxylic acids is 1.